The van der Waals surface area contributed by atoms with Gasteiger partial charge in [0.1, 0.15) is 17.2 Å². The lowest BCUT2D eigenvalue weighted by Crippen LogP contribution is -2.19. The van der Waals surface area contributed by atoms with Crippen molar-refractivity contribution < 1.29 is 17.9 Å². The molecule has 1 atom stereocenters. The number of benzene rings is 1. The topological polar surface area (TPSA) is 70.7 Å². The van der Waals surface area contributed by atoms with Crippen LogP contribution in [-0.2, 0) is 19.1 Å². The van der Waals surface area contributed by atoms with Crippen molar-refractivity contribution in [3.63, 3.8) is 0 Å². The van der Waals surface area contributed by atoms with Crippen molar-refractivity contribution in [3.8, 4) is 23.1 Å². The fourth-order valence-electron chi connectivity index (χ4n) is 4.10. The third-order valence-corrected chi connectivity index (χ3v) is 5.83. The van der Waals surface area contributed by atoms with Crippen LogP contribution in [0.15, 0.2) is 48.9 Å². The molecule has 0 unspecified atom stereocenters. The van der Waals surface area contributed by atoms with E-state index in [0.717, 1.165) is 41.3 Å². The lowest BCUT2D eigenvalue weighted by atomic mass is 9.89. The molecular weight excluding hydrogens is 433 g/mol. The lowest BCUT2D eigenvalue weighted by Gasteiger charge is -2.22. The van der Waals surface area contributed by atoms with Gasteiger partial charge in [0.15, 0.2) is 5.82 Å². The minimum Gasteiger partial charge on any atom is -0.479 e. The number of pyridine rings is 1. The summed E-state index contributed by atoms with van der Waals surface area (Å²) in [5, 5.41) is 4.60. The van der Waals surface area contributed by atoms with Crippen molar-refractivity contribution in [2.24, 2.45) is 0 Å². The van der Waals surface area contributed by atoms with Gasteiger partial charge in [-0.25, -0.2) is 19.6 Å². The molecule has 0 saturated heterocycles. The number of nitrogens with zero attached hydrogens (tertiary/aromatic N) is 6. The van der Waals surface area contributed by atoms with Gasteiger partial charge in [0.25, 0.3) is 0 Å². The molecule has 4 heterocycles. The van der Waals surface area contributed by atoms with Crippen LogP contribution in [0.3, 0.4) is 0 Å². The minimum atomic E-state index is -4.33. The van der Waals surface area contributed by atoms with Crippen LogP contribution in [0.4, 0.5) is 13.2 Å². The highest BCUT2D eigenvalue weighted by Gasteiger charge is 2.31. The summed E-state index contributed by atoms with van der Waals surface area (Å²) >= 11 is 0. The third-order valence-electron chi connectivity index (χ3n) is 5.83. The maximum atomic E-state index is 12.9. The summed E-state index contributed by atoms with van der Waals surface area (Å²) in [6.45, 7) is 2.54. The second-order valence-corrected chi connectivity index (χ2v) is 8.03. The van der Waals surface area contributed by atoms with Crippen molar-refractivity contribution in [2.45, 2.75) is 38.4 Å². The average Bonchev–Trinajstić information content (AvgIpc) is 3.43. The Kier molecular flexibility index (Phi) is 5.15. The molecule has 0 fully saturated rings. The molecule has 170 valence electrons. The van der Waals surface area contributed by atoms with E-state index < -0.39 is 11.7 Å². The van der Waals surface area contributed by atoms with Crippen LogP contribution in [0.25, 0.3) is 17.2 Å². The summed E-state index contributed by atoms with van der Waals surface area (Å²) in [7, 11) is 1.56. The predicted octanol–water partition coefficient (Wildman–Crippen LogP) is 4.59. The van der Waals surface area contributed by atoms with Crippen LogP contribution in [0.1, 0.15) is 35.0 Å². The van der Waals surface area contributed by atoms with Gasteiger partial charge in [-0.05, 0) is 49.1 Å². The Balaban J connectivity index is 1.39. The SMILES string of the molecule is COc1nc(-c2nc3n(n2)CC[C@@H](c2ccc(C(F)(F)F)cc2)C3)ccc1-n1cnc(C)c1. The molecular formula is C23H21F3N6O. The van der Waals surface area contributed by atoms with Crippen LogP contribution >= 0.6 is 0 Å². The van der Waals surface area contributed by atoms with E-state index in [2.05, 4.69) is 20.1 Å². The molecule has 1 aromatic carbocycles. The molecule has 0 radical (unpaired) electrons. The van der Waals surface area contributed by atoms with E-state index in [1.54, 1.807) is 25.6 Å². The molecule has 33 heavy (non-hydrogen) atoms. The van der Waals surface area contributed by atoms with E-state index in [4.69, 9.17) is 4.74 Å². The standard InChI is InChI=1S/C23H21F3N6O/c1-14-12-31(13-27-14)19-8-7-18(28-22(19)33-2)21-29-20-11-16(9-10-32(20)30-21)15-3-5-17(6-4-15)23(24,25)26/h3-8,12-13,16H,9-11H2,1-2H3/t16-/m1/s1. The summed E-state index contributed by atoms with van der Waals surface area (Å²) in [4.78, 5) is 13.5. The predicted molar refractivity (Wildman–Crippen MR) is 114 cm³/mol. The van der Waals surface area contributed by atoms with Crippen molar-refractivity contribution in [1.82, 2.24) is 29.3 Å². The third kappa shape index (κ3) is 4.08. The van der Waals surface area contributed by atoms with E-state index >= 15 is 0 Å². The van der Waals surface area contributed by atoms with Gasteiger partial charge >= 0.3 is 6.18 Å². The Labute approximate surface area is 187 Å². The number of halogens is 3. The van der Waals surface area contributed by atoms with E-state index in [1.165, 1.54) is 0 Å². The molecule has 0 spiro atoms. The van der Waals surface area contributed by atoms with Crippen LogP contribution in [0.2, 0.25) is 0 Å². The second kappa shape index (κ2) is 8.02. The van der Waals surface area contributed by atoms with Gasteiger partial charge in [0.05, 0.1) is 24.7 Å². The number of imidazole rings is 1. The van der Waals surface area contributed by atoms with Gasteiger partial charge in [0, 0.05) is 19.2 Å². The van der Waals surface area contributed by atoms with Gasteiger partial charge in [-0.2, -0.15) is 13.2 Å². The maximum Gasteiger partial charge on any atom is 0.416 e. The molecule has 0 amide bonds. The molecule has 0 aliphatic carbocycles. The smallest absolute Gasteiger partial charge is 0.416 e. The Morgan fingerprint density at radius 3 is 2.52 bits per heavy atom. The highest BCUT2D eigenvalue weighted by molar-refractivity contribution is 5.55. The zero-order valence-corrected chi connectivity index (χ0v) is 18.0. The van der Waals surface area contributed by atoms with Crippen LogP contribution in [-0.4, -0.2) is 36.4 Å². The molecule has 0 N–H and O–H groups in total. The monoisotopic (exact) mass is 454 g/mol. The number of aromatic nitrogens is 6. The Morgan fingerprint density at radius 2 is 1.85 bits per heavy atom. The van der Waals surface area contributed by atoms with Gasteiger partial charge in [-0.15, -0.1) is 5.10 Å². The normalized spacial score (nSPS) is 16.0. The van der Waals surface area contributed by atoms with Crippen LogP contribution in [0, 0.1) is 6.92 Å². The quantitative estimate of drug-likeness (QED) is 0.451. The molecule has 10 heteroatoms. The first-order valence-corrected chi connectivity index (χ1v) is 10.5. The number of aryl methyl sites for hydroxylation is 2. The van der Waals surface area contributed by atoms with Gasteiger partial charge in [-0.3, -0.25) is 0 Å². The van der Waals surface area contributed by atoms with E-state index in [9.17, 15) is 13.2 Å². The Hall–Kier alpha value is -3.69. The van der Waals surface area contributed by atoms with E-state index in [1.807, 2.05) is 34.5 Å². The van der Waals surface area contributed by atoms with Crippen molar-refractivity contribution in [2.75, 3.05) is 7.11 Å². The van der Waals surface area contributed by atoms with Crippen molar-refractivity contribution in [1.29, 1.82) is 0 Å². The molecule has 3 aromatic heterocycles. The van der Waals surface area contributed by atoms with Crippen molar-refractivity contribution in [3.05, 3.63) is 71.6 Å². The Bertz CT molecular complexity index is 1290. The molecule has 5 rings (SSSR count). The highest BCUT2D eigenvalue weighted by atomic mass is 19.4. The highest BCUT2D eigenvalue weighted by Crippen LogP contribution is 2.34. The van der Waals surface area contributed by atoms with Crippen LogP contribution in [0.5, 0.6) is 5.88 Å². The molecule has 1 aliphatic rings. The number of ether oxygens (including phenoxy) is 1. The average molecular weight is 454 g/mol. The van der Waals surface area contributed by atoms with E-state index in [-0.39, 0.29) is 5.92 Å². The second-order valence-electron chi connectivity index (χ2n) is 8.03. The number of fused-ring (bicyclic) bond motifs is 1. The summed E-state index contributed by atoms with van der Waals surface area (Å²) < 4.78 is 47.7. The summed E-state index contributed by atoms with van der Waals surface area (Å²) in [5.41, 5.74) is 2.46. The first kappa shape index (κ1) is 21.2. The molecule has 1 aliphatic heterocycles. The maximum absolute atomic E-state index is 12.9. The zero-order valence-electron chi connectivity index (χ0n) is 18.0. The number of hydrogen-bond acceptors (Lipinski definition) is 5. The largest absolute Gasteiger partial charge is 0.479 e. The minimum absolute atomic E-state index is 0.0891. The van der Waals surface area contributed by atoms with Crippen molar-refractivity contribution >= 4 is 0 Å². The molecule has 0 bridgehead atoms. The number of rotatable bonds is 4. The zero-order chi connectivity index (χ0) is 23.2. The van der Waals surface area contributed by atoms with Crippen LogP contribution < -0.4 is 4.74 Å². The first-order chi connectivity index (χ1) is 15.8. The molecule has 7 nitrogen and oxygen atoms in total. The number of hydrogen-bond donors (Lipinski definition) is 0. The number of alkyl halides is 3. The summed E-state index contributed by atoms with van der Waals surface area (Å²) in [5.74, 6) is 1.80. The van der Waals surface area contributed by atoms with E-state index in [0.29, 0.717) is 30.4 Å². The van der Waals surface area contributed by atoms with Gasteiger partial charge in [0.2, 0.25) is 5.88 Å². The van der Waals surface area contributed by atoms with Gasteiger partial charge < -0.3 is 9.30 Å². The fourth-order valence-corrected chi connectivity index (χ4v) is 4.10. The van der Waals surface area contributed by atoms with Gasteiger partial charge in [-0.1, -0.05) is 12.1 Å². The molecule has 0 saturated carbocycles. The molecule has 4 aromatic rings. The first-order valence-electron chi connectivity index (χ1n) is 10.5. The Morgan fingerprint density at radius 1 is 1.06 bits per heavy atom. The summed E-state index contributed by atoms with van der Waals surface area (Å²) in [6, 6.07) is 9.11. The number of methoxy groups -OCH3 is 1. The fraction of sp³-hybridized carbons (Fsp3) is 0.304. The lowest BCUT2D eigenvalue weighted by molar-refractivity contribution is -0.137. The summed E-state index contributed by atoms with van der Waals surface area (Å²) in [6.07, 6.45) is 0.622.